The molecule has 0 bridgehead atoms. The molecule has 0 aliphatic carbocycles. The van der Waals surface area contributed by atoms with Crippen molar-refractivity contribution in [2.75, 3.05) is 19.3 Å². The average Bonchev–Trinajstić information content (AvgIpc) is 2.84. The molecule has 8 heteroatoms. The summed E-state index contributed by atoms with van der Waals surface area (Å²) in [5.41, 5.74) is 5.45. The van der Waals surface area contributed by atoms with Crippen molar-refractivity contribution in [3.63, 3.8) is 0 Å². The maximum Gasteiger partial charge on any atom is 0.274 e. The summed E-state index contributed by atoms with van der Waals surface area (Å²) in [4.78, 5) is 9.80. The number of rotatable bonds is 9. The Hall–Kier alpha value is -1.67. The zero-order valence-corrected chi connectivity index (χ0v) is 11.5. The van der Waals surface area contributed by atoms with Crippen LogP contribution >= 0.6 is 11.8 Å². The van der Waals surface area contributed by atoms with Gasteiger partial charge >= 0.3 is 0 Å². The van der Waals surface area contributed by atoms with Gasteiger partial charge in [-0.3, -0.25) is 10.1 Å². The summed E-state index contributed by atoms with van der Waals surface area (Å²) in [5, 5.41) is 16.0. The molecule has 0 saturated carbocycles. The summed E-state index contributed by atoms with van der Waals surface area (Å²) in [6.45, 7) is 1.04. The second-order valence-electron chi connectivity index (χ2n) is 3.63. The molecule has 0 aromatic carbocycles. The monoisotopic (exact) mass is 286 g/mol. The molecule has 1 heterocycles. The molecule has 1 aromatic rings. The van der Waals surface area contributed by atoms with Crippen LogP contribution in [0.1, 0.15) is 11.5 Å². The summed E-state index contributed by atoms with van der Waals surface area (Å²) < 4.78 is 5.45. The van der Waals surface area contributed by atoms with E-state index < -0.39 is 4.92 Å². The fraction of sp³-hybridized carbons (Fsp3) is 0.455. The Kier molecular flexibility index (Phi) is 6.83. The standard InChI is InChI=1S/C11H18N4O3S/c1-13-11(7-15(16)17)14-4-5-19-8-10-3-2-9(6-12)18-10/h2-3,7,13-14H,4-6,8,12H2,1H3. The number of hydrogen-bond acceptors (Lipinski definition) is 7. The maximum atomic E-state index is 10.3. The summed E-state index contributed by atoms with van der Waals surface area (Å²) in [5.74, 6) is 3.64. The number of furan rings is 1. The highest BCUT2D eigenvalue weighted by Crippen LogP contribution is 2.14. The van der Waals surface area contributed by atoms with E-state index in [2.05, 4.69) is 10.6 Å². The lowest BCUT2D eigenvalue weighted by Gasteiger charge is -2.07. The number of nitrogens with two attached hydrogens (primary N) is 1. The molecular formula is C11H18N4O3S. The molecule has 1 aromatic heterocycles. The van der Waals surface area contributed by atoms with Gasteiger partial charge in [0.2, 0.25) is 0 Å². The molecule has 0 unspecified atom stereocenters. The van der Waals surface area contributed by atoms with E-state index in [1.165, 1.54) is 0 Å². The van der Waals surface area contributed by atoms with Gasteiger partial charge < -0.3 is 20.8 Å². The van der Waals surface area contributed by atoms with Crippen LogP contribution in [0.25, 0.3) is 0 Å². The van der Waals surface area contributed by atoms with E-state index in [4.69, 9.17) is 10.2 Å². The van der Waals surface area contributed by atoms with Crippen molar-refractivity contribution in [2.45, 2.75) is 12.3 Å². The molecule has 1 rings (SSSR count). The van der Waals surface area contributed by atoms with Crippen LogP contribution in [0.3, 0.4) is 0 Å². The highest BCUT2D eigenvalue weighted by atomic mass is 32.2. The highest BCUT2D eigenvalue weighted by molar-refractivity contribution is 7.98. The molecule has 0 radical (unpaired) electrons. The van der Waals surface area contributed by atoms with Crippen LogP contribution in [0, 0.1) is 10.1 Å². The Morgan fingerprint density at radius 2 is 2.32 bits per heavy atom. The van der Waals surface area contributed by atoms with Crippen LogP contribution in [0.2, 0.25) is 0 Å². The van der Waals surface area contributed by atoms with E-state index >= 15 is 0 Å². The Balaban J connectivity index is 2.18. The number of thioether (sulfide) groups is 1. The van der Waals surface area contributed by atoms with Crippen LogP contribution in [-0.4, -0.2) is 24.3 Å². The maximum absolute atomic E-state index is 10.3. The number of nitrogens with zero attached hydrogens (tertiary/aromatic N) is 1. The van der Waals surface area contributed by atoms with E-state index in [0.29, 0.717) is 18.9 Å². The van der Waals surface area contributed by atoms with Gasteiger partial charge in [-0.1, -0.05) is 0 Å². The summed E-state index contributed by atoms with van der Waals surface area (Å²) in [6, 6.07) is 3.78. The SMILES string of the molecule is CNC(=C[N+](=O)[O-])NCCSCc1ccc(CN)o1. The first-order valence-corrected chi connectivity index (χ1v) is 6.93. The molecular weight excluding hydrogens is 268 g/mol. The molecule has 0 fully saturated rings. The molecule has 7 nitrogen and oxygen atoms in total. The van der Waals surface area contributed by atoms with Crippen molar-refractivity contribution < 1.29 is 9.34 Å². The Bertz CT molecular complexity index is 433. The second-order valence-corrected chi connectivity index (χ2v) is 4.73. The first-order valence-electron chi connectivity index (χ1n) is 5.78. The zero-order valence-electron chi connectivity index (χ0n) is 10.7. The quantitative estimate of drug-likeness (QED) is 0.351. The first-order chi connectivity index (χ1) is 9.15. The number of nitrogens with one attached hydrogen (secondary N) is 2. The number of nitro groups is 1. The third-order valence-electron chi connectivity index (χ3n) is 2.23. The van der Waals surface area contributed by atoms with E-state index in [9.17, 15) is 10.1 Å². The molecule has 0 spiro atoms. The zero-order chi connectivity index (χ0) is 14.1. The van der Waals surface area contributed by atoms with Gasteiger partial charge in [0.25, 0.3) is 6.20 Å². The van der Waals surface area contributed by atoms with Crippen molar-refractivity contribution in [3.05, 3.63) is 45.8 Å². The third-order valence-corrected chi connectivity index (χ3v) is 3.21. The van der Waals surface area contributed by atoms with Gasteiger partial charge in [0.05, 0.1) is 17.2 Å². The fourth-order valence-electron chi connectivity index (χ4n) is 1.34. The second kappa shape index (κ2) is 8.44. The molecule has 0 aliphatic heterocycles. The van der Waals surface area contributed by atoms with Gasteiger partial charge in [-0.15, -0.1) is 0 Å². The van der Waals surface area contributed by atoms with Gasteiger partial charge in [-0.2, -0.15) is 11.8 Å². The van der Waals surface area contributed by atoms with Crippen molar-refractivity contribution in [1.29, 1.82) is 0 Å². The van der Waals surface area contributed by atoms with Crippen molar-refractivity contribution in [2.24, 2.45) is 5.73 Å². The van der Waals surface area contributed by atoms with E-state index in [1.54, 1.807) is 18.8 Å². The molecule has 0 aliphatic rings. The number of hydrogen-bond donors (Lipinski definition) is 3. The molecule has 4 N–H and O–H groups in total. The fourth-order valence-corrected chi connectivity index (χ4v) is 2.09. The van der Waals surface area contributed by atoms with E-state index in [-0.39, 0.29) is 0 Å². The molecule has 0 saturated heterocycles. The first kappa shape index (κ1) is 15.4. The lowest BCUT2D eigenvalue weighted by atomic mass is 10.4. The van der Waals surface area contributed by atoms with Crippen LogP contribution < -0.4 is 16.4 Å². The van der Waals surface area contributed by atoms with Crippen LogP contribution in [-0.2, 0) is 12.3 Å². The molecule has 19 heavy (non-hydrogen) atoms. The predicted molar refractivity (Wildman–Crippen MR) is 74.9 cm³/mol. The van der Waals surface area contributed by atoms with Crippen molar-refractivity contribution in [3.8, 4) is 0 Å². The van der Waals surface area contributed by atoms with Gasteiger partial charge in [0.1, 0.15) is 11.5 Å². The van der Waals surface area contributed by atoms with Crippen LogP contribution in [0.5, 0.6) is 0 Å². The minimum atomic E-state index is -0.497. The van der Waals surface area contributed by atoms with Crippen LogP contribution in [0.4, 0.5) is 0 Å². The lowest BCUT2D eigenvalue weighted by Crippen LogP contribution is -2.26. The molecule has 106 valence electrons. The summed E-state index contributed by atoms with van der Waals surface area (Å²) in [6.07, 6.45) is 0.907. The smallest absolute Gasteiger partial charge is 0.274 e. The topological polar surface area (TPSA) is 106 Å². The van der Waals surface area contributed by atoms with Gasteiger partial charge in [0, 0.05) is 19.3 Å². The minimum absolute atomic E-state index is 0.397. The van der Waals surface area contributed by atoms with Gasteiger partial charge in [-0.05, 0) is 12.1 Å². The normalized spacial score (nSPS) is 11.4. The van der Waals surface area contributed by atoms with Crippen molar-refractivity contribution in [1.82, 2.24) is 10.6 Å². The average molecular weight is 286 g/mol. The minimum Gasteiger partial charge on any atom is -0.464 e. The van der Waals surface area contributed by atoms with Gasteiger partial charge in [-0.25, -0.2) is 0 Å². The van der Waals surface area contributed by atoms with Gasteiger partial charge in [0.15, 0.2) is 5.82 Å². The molecule has 0 atom stereocenters. The van der Waals surface area contributed by atoms with E-state index in [1.807, 2.05) is 12.1 Å². The highest BCUT2D eigenvalue weighted by Gasteiger charge is 2.02. The Labute approximate surface area is 115 Å². The Morgan fingerprint density at radius 1 is 1.58 bits per heavy atom. The predicted octanol–water partition coefficient (Wildman–Crippen LogP) is 0.856. The van der Waals surface area contributed by atoms with E-state index in [0.717, 1.165) is 29.2 Å². The lowest BCUT2D eigenvalue weighted by molar-refractivity contribution is -0.404. The summed E-state index contributed by atoms with van der Waals surface area (Å²) >= 11 is 1.68. The Morgan fingerprint density at radius 3 is 2.89 bits per heavy atom. The molecule has 0 amide bonds. The van der Waals surface area contributed by atoms with Crippen molar-refractivity contribution >= 4 is 11.8 Å². The summed E-state index contributed by atoms with van der Waals surface area (Å²) in [7, 11) is 1.63. The van der Waals surface area contributed by atoms with Crippen LogP contribution in [0.15, 0.2) is 28.6 Å². The largest absolute Gasteiger partial charge is 0.464 e. The third kappa shape index (κ3) is 6.16.